The van der Waals surface area contributed by atoms with Crippen LogP contribution in [0.2, 0.25) is 0 Å². The van der Waals surface area contributed by atoms with Gasteiger partial charge in [0.05, 0.1) is 29.2 Å². The van der Waals surface area contributed by atoms with Crippen LogP contribution < -0.4 is 10.6 Å². The molecule has 1 aromatic heterocycles. The Morgan fingerprint density at radius 3 is 2.65 bits per heavy atom. The van der Waals surface area contributed by atoms with E-state index in [1.54, 1.807) is 12.1 Å². The number of nitro benzene ring substituents is 1. The number of nitro groups is 1. The molecule has 0 saturated carbocycles. The molecular formula is C15H18N4O6S. The van der Waals surface area contributed by atoms with Crippen molar-refractivity contribution in [2.45, 2.75) is 11.4 Å². The first-order valence-electron chi connectivity index (χ1n) is 7.47. The van der Waals surface area contributed by atoms with Crippen LogP contribution in [-0.4, -0.2) is 44.2 Å². The Morgan fingerprint density at radius 1 is 1.35 bits per heavy atom. The quantitative estimate of drug-likeness (QED) is 0.517. The van der Waals surface area contributed by atoms with E-state index < -0.39 is 27.4 Å². The van der Waals surface area contributed by atoms with Crippen molar-refractivity contribution < 1.29 is 22.6 Å². The summed E-state index contributed by atoms with van der Waals surface area (Å²) in [5.74, 6) is -0.00374. The van der Waals surface area contributed by atoms with E-state index in [4.69, 9.17) is 4.42 Å². The van der Waals surface area contributed by atoms with Crippen molar-refractivity contribution in [3.05, 3.63) is 52.5 Å². The standard InChI is InChI=1S/C15H18N4O6S/c1-16-13-6-5-12(8-14(13)19(21)22)26(23,24)18(2)10-15(20)17-9-11-4-3-7-25-11/h3-8,16H,9-10H2,1-2H3,(H,17,20). The van der Waals surface area contributed by atoms with Crippen LogP contribution in [0.4, 0.5) is 11.4 Å². The van der Waals surface area contributed by atoms with E-state index in [1.165, 1.54) is 32.5 Å². The lowest BCUT2D eigenvalue weighted by Gasteiger charge is -2.17. The van der Waals surface area contributed by atoms with Crippen LogP contribution in [0.5, 0.6) is 0 Å². The number of hydrogen-bond donors (Lipinski definition) is 2. The van der Waals surface area contributed by atoms with Gasteiger partial charge in [0.15, 0.2) is 0 Å². The lowest BCUT2D eigenvalue weighted by Crippen LogP contribution is -2.38. The third kappa shape index (κ3) is 4.37. The average Bonchev–Trinajstić information content (AvgIpc) is 3.12. The molecule has 1 aromatic carbocycles. The maximum absolute atomic E-state index is 12.6. The Hall–Kier alpha value is -2.92. The molecule has 11 heteroatoms. The van der Waals surface area contributed by atoms with E-state index in [9.17, 15) is 23.3 Å². The van der Waals surface area contributed by atoms with Crippen LogP contribution in [0.25, 0.3) is 0 Å². The highest BCUT2D eigenvalue weighted by molar-refractivity contribution is 7.89. The molecule has 140 valence electrons. The molecule has 0 saturated heterocycles. The zero-order valence-corrected chi connectivity index (χ0v) is 14.9. The van der Waals surface area contributed by atoms with E-state index in [2.05, 4.69) is 10.6 Å². The van der Waals surface area contributed by atoms with Gasteiger partial charge in [-0.2, -0.15) is 4.31 Å². The van der Waals surface area contributed by atoms with Gasteiger partial charge in [-0.05, 0) is 24.3 Å². The van der Waals surface area contributed by atoms with Gasteiger partial charge in [-0.3, -0.25) is 14.9 Å². The Labute approximate surface area is 150 Å². The van der Waals surface area contributed by atoms with Gasteiger partial charge in [-0.25, -0.2) is 8.42 Å². The van der Waals surface area contributed by atoms with Crippen molar-refractivity contribution in [1.82, 2.24) is 9.62 Å². The van der Waals surface area contributed by atoms with Crippen LogP contribution in [0.1, 0.15) is 5.76 Å². The summed E-state index contributed by atoms with van der Waals surface area (Å²) in [5.41, 5.74) is -0.183. The first-order valence-corrected chi connectivity index (χ1v) is 8.91. The number of likely N-dealkylation sites (N-methyl/N-ethyl adjacent to an activating group) is 1. The van der Waals surface area contributed by atoms with E-state index in [1.807, 2.05) is 0 Å². The third-order valence-corrected chi connectivity index (χ3v) is 5.35. The number of amides is 1. The number of benzene rings is 1. The fourth-order valence-electron chi connectivity index (χ4n) is 2.16. The molecule has 10 nitrogen and oxygen atoms in total. The summed E-state index contributed by atoms with van der Waals surface area (Å²) < 4.78 is 31.0. The molecule has 0 aliphatic heterocycles. The molecule has 0 spiro atoms. The van der Waals surface area contributed by atoms with Crippen molar-refractivity contribution >= 4 is 27.3 Å². The Kier molecular flexibility index (Phi) is 5.95. The minimum absolute atomic E-state index is 0.127. The first-order chi connectivity index (χ1) is 12.3. The fourth-order valence-corrected chi connectivity index (χ4v) is 3.30. The molecule has 0 aliphatic rings. The van der Waals surface area contributed by atoms with Crippen LogP contribution in [0.15, 0.2) is 45.9 Å². The van der Waals surface area contributed by atoms with Crippen LogP contribution in [-0.2, 0) is 21.4 Å². The molecule has 2 N–H and O–H groups in total. The monoisotopic (exact) mass is 382 g/mol. The third-order valence-electron chi connectivity index (χ3n) is 3.55. The van der Waals surface area contributed by atoms with Crippen molar-refractivity contribution in [1.29, 1.82) is 0 Å². The molecule has 2 aromatic rings. The Bertz CT molecular complexity index is 895. The smallest absolute Gasteiger partial charge is 0.293 e. The lowest BCUT2D eigenvalue weighted by molar-refractivity contribution is -0.384. The molecule has 0 atom stereocenters. The molecule has 26 heavy (non-hydrogen) atoms. The molecular weight excluding hydrogens is 364 g/mol. The van der Waals surface area contributed by atoms with Gasteiger partial charge in [0, 0.05) is 20.2 Å². The largest absolute Gasteiger partial charge is 0.467 e. The lowest BCUT2D eigenvalue weighted by atomic mass is 10.3. The van der Waals surface area contributed by atoms with Crippen molar-refractivity contribution in [3.8, 4) is 0 Å². The van der Waals surface area contributed by atoms with Gasteiger partial charge in [-0.15, -0.1) is 0 Å². The SMILES string of the molecule is CNc1ccc(S(=O)(=O)N(C)CC(=O)NCc2ccco2)cc1[N+](=O)[O-]. The second-order valence-corrected chi connectivity index (χ2v) is 7.35. The molecule has 2 rings (SSSR count). The summed E-state index contributed by atoms with van der Waals surface area (Å²) in [4.78, 5) is 22.1. The number of furan rings is 1. The summed E-state index contributed by atoms with van der Waals surface area (Å²) in [6.45, 7) is -0.313. The number of nitrogens with one attached hydrogen (secondary N) is 2. The summed E-state index contributed by atoms with van der Waals surface area (Å²) in [7, 11) is -1.36. The zero-order valence-electron chi connectivity index (χ0n) is 14.1. The predicted octanol–water partition coefficient (Wildman–Crippen LogP) is 1.17. The molecule has 0 radical (unpaired) electrons. The first kappa shape index (κ1) is 19.4. The van der Waals surface area contributed by atoms with Gasteiger partial charge in [0.1, 0.15) is 11.4 Å². The summed E-state index contributed by atoms with van der Waals surface area (Å²) in [6, 6.07) is 6.84. The van der Waals surface area contributed by atoms with Crippen LogP contribution in [0.3, 0.4) is 0 Å². The number of sulfonamides is 1. The Morgan fingerprint density at radius 2 is 2.08 bits per heavy atom. The zero-order chi connectivity index (χ0) is 19.3. The van der Waals surface area contributed by atoms with Gasteiger partial charge in [0.2, 0.25) is 15.9 Å². The highest BCUT2D eigenvalue weighted by Crippen LogP contribution is 2.28. The predicted molar refractivity (Wildman–Crippen MR) is 93.0 cm³/mol. The van der Waals surface area contributed by atoms with Crippen LogP contribution >= 0.6 is 0 Å². The van der Waals surface area contributed by atoms with Gasteiger partial charge in [0.25, 0.3) is 5.69 Å². The number of anilines is 1. The number of hydrogen-bond acceptors (Lipinski definition) is 7. The highest BCUT2D eigenvalue weighted by Gasteiger charge is 2.26. The van der Waals surface area contributed by atoms with Gasteiger partial charge in [-0.1, -0.05) is 0 Å². The number of carbonyl (C=O) groups excluding carboxylic acids is 1. The topological polar surface area (TPSA) is 135 Å². The summed E-state index contributed by atoms with van der Waals surface area (Å²) in [6.07, 6.45) is 1.46. The van der Waals surface area contributed by atoms with E-state index in [0.717, 1.165) is 10.4 Å². The molecule has 0 fully saturated rings. The molecule has 0 aliphatic carbocycles. The fraction of sp³-hybridized carbons (Fsp3) is 0.267. The second-order valence-electron chi connectivity index (χ2n) is 5.30. The normalized spacial score (nSPS) is 11.3. The van der Waals surface area contributed by atoms with Crippen molar-refractivity contribution in [2.24, 2.45) is 0 Å². The second kappa shape index (κ2) is 7.97. The molecule has 0 unspecified atom stereocenters. The molecule has 1 heterocycles. The van der Waals surface area contributed by atoms with E-state index in [-0.39, 0.29) is 22.8 Å². The number of carbonyl (C=O) groups is 1. The number of nitrogens with zero attached hydrogens (tertiary/aromatic N) is 2. The maximum atomic E-state index is 12.6. The van der Waals surface area contributed by atoms with Crippen molar-refractivity contribution in [2.75, 3.05) is 26.0 Å². The minimum atomic E-state index is -4.07. The average molecular weight is 382 g/mol. The Balaban J connectivity index is 2.11. The number of rotatable bonds is 8. The maximum Gasteiger partial charge on any atom is 0.293 e. The summed E-state index contributed by atoms with van der Waals surface area (Å²) in [5, 5.41) is 16.2. The van der Waals surface area contributed by atoms with Crippen molar-refractivity contribution in [3.63, 3.8) is 0 Å². The van der Waals surface area contributed by atoms with Gasteiger partial charge >= 0.3 is 0 Å². The van der Waals surface area contributed by atoms with E-state index in [0.29, 0.717) is 5.76 Å². The highest BCUT2D eigenvalue weighted by atomic mass is 32.2. The minimum Gasteiger partial charge on any atom is -0.467 e. The van der Waals surface area contributed by atoms with E-state index >= 15 is 0 Å². The molecule has 0 bridgehead atoms. The summed E-state index contributed by atoms with van der Waals surface area (Å²) >= 11 is 0. The van der Waals surface area contributed by atoms with Gasteiger partial charge < -0.3 is 15.1 Å². The molecule has 1 amide bonds. The van der Waals surface area contributed by atoms with Crippen LogP contribution in [0, 0.1) is 10.1 Å².